The summed E-state index contributed by atoms with van der Waals surface area (Å²) in [6.45, 7) is 2.72. The summed E-state index contributed by atoms with van der Waals surface area (Å²) in [7, 11) is -3.58. The number of ketones is 1. The van der Waals surface area contributed by atoms with Gasteiger partial charge in [0.15, 0.2) is 15.8 Å². The van der Waals surface area contributed by atoms with Crippen LogP contribution in [0, 0.1) is 0 Å². The highest BCUT2D eigenvalue weighted by Crippen LogP contribution is 1.94. The maximum atomic E-state index is 11.0. The lowest BCUT2D eigenvalue weighted by Crippen LogP contribution is -2.20. The Morgan fingerprint density at radius 2 is 1.85 bits per heavy atom. The largest absolute Gasteiger partial charge is 0.449 e. The molecule has 0 spiro atoms. The summed E-state index contributed by atoms with van der Waals surface area (Å²) in [6.07, 6.45) is 0.121. The van der Waals surface area contributed by atoms with Crippen molar-refractivity contribution in [3.8, 4) is 0 Å². The average molecular weight is 208 g/mol. The van der Waals surface area contributed by atoms with Gasteiger partial charge < -0.3 is 4.74 Å². The van der Waals surface area contributed by atoms with E-state index in [-0.39, 0.29) is 6.42 Å². The molecular weight excluding hydrogens is 196 g/mol. The Bertz CT molecular complexity index is 290. The Morgan fingerprint density at radius 1 is 1.31 bits per heavy atom. The number of sulfone groups is 1. The summed E-state index contributed by atoms with van der Waals surface area (Å²) >= 11 is 0. The zero-order valence-electron chi connectivity index (χ0n) is 7.57. The van der Waals surface area contributed by atoms with Crippen molar-refractivity contribution in [1.29, 1.82) is 0 Å². The number of carbonyl (C=O) groups is 2. The second-order valence-corrected chi connectivity index (χ2v) is 4.59. The van der Waals surface area contributed by atoms with E-state index in [9.17, 15) is 18.0 Å². The van der Waals surface area contributed by atoms with Gasteiger partial charge in [0.05, 0.1) is 0 Å². The fourth-order valence-electron chi connectivity index (χ4n) is 0.609. The third kappa shape index (κ3) is 6.27. The minimum absolute atomic E-state index is 0.121. The molecule has 0 aromatic heterocycles. The van der Waals surface area contributed by atoms with Crippen molar-refractivity contribution in [1.82, 2.24) is 0 Å². The van der Waals surface area contributed by atoms with Gasteiger partial charge in [-0.3, -0.25) is 9.59 Å². The molecule has 0 aromatic rings. The van der Waals surface area contributed by atoms with Gasteiger partial charge in [-0.05, 0) is 6.92 Å². The smallest absolute Gasteiger partial charge is 0.306 e. The number of hydrogen-bond acceptors (Lipinski definition) is 5. The number of Topliss-reactive ketones (excluding diaryl/α,β-unsaturated/α-hetero) is 1. The van der Waals surface area contributed by atoms with Crippen molar-refractivity contribution < 1.29 is 22.7 Å². The lowest BCUT2D eigenvalue weighted by atomic mass is 10.5. The highest BCUT2D eigenvalue weighted by Gasteiger charge is 2.15. The molecule has 0 bridgehead atoms. The summed E-state index contributed by atoms with van der Waals surface area (Å²) in [4.78, 5) is 21.0. The van der Waals surface area contributed by atoms with Crippen LogP contribution in [0.5, 0.6) is 0 Å². The number of carbonyl (C=O) groups excluding carboxylic acids is 2. The van der Waals surface area contributed by atoms with Gasteiger partial charge in [0.2, 0.25) is 0 Å². The molecule has 0 fully saturated rings. The molecule has 0 saturated carbocycles. The van der Waals surface area contributed by atoms with Crippen LogP contribution in [-0.4, -0.2) is 31.9 Å². The number of ether oxygens (including phenoxy) is 1. The Labute approximate surface area is 77.0 Å². The number of esters is 1. The van der Waals surface area contributed by atoms with E-state index in [2.05, 4.69) is 4.74 Å². The first kappa shape index (κ1) is 12.1. The molecule has 0 heterocycles. The number of rotatable bonds is 5. The van der Waals surface area contributed by atoms with Gasteiger partial charge in [-0.15, -0.1) is 0 Å². The van der Waals surface area contributed by atoms with Crippen LogP contribution in [0.4, 0.5) is 0 Å². The van der Waals surface area contributed by atoms with E-state index in [1.165, 1.54) is 6.92 Å². The van der Waals surface area contributed by atoms with Gasteiger partial charge in [-0.25, -0.2) is 8.42 Å². The SMILES string of the molecule is CCC(=O)OCS(=O)(=O)CC(C)=O. The molecule has 5 nitrogen and oxygen atoms in total. The fraction of sp³-hybridized carbons (Fsp3) is 0.714. The molecule has 0 aliphatic carbocycles. The topological polar surface area (TPSA) is 77.5 Å². The van der Waals surface area contributed by atoms with Crippen molar-refractivity contribution in [3.05, 3.63) is 0 Å². The van der Waals surface area contributed by atoms with Crippen LogP contribution in [0.15, 0.2) is 0 Å². The van der Waals surface area contributed by atoms with Crippen molar-refractivity contribution in [2.45, 2.75) is 20.3 Å². The van der Waals surface area contributed by atoms with Crippen LogP contribution in [0.3, 0.4) is 0 Å². The maximum Gasteiger partial charge on any atom is 0.306 e. The van der Waals surface area contributed by atoms with E-state index in [1.807, 2.05) is 0 Å². The Hall–Kier alpha value is -0.910. The lowest BCUT2D eigenvalue weighted by Gasteiger charge is -2.02. The molecule has 0 aromatic carbocycles. The second-order valence-electron chi connectivity index (χ2n) is 2.58. The molecule has 0 atom stereocenters. The van der Waals surface area contributed by atoms with Crippen LogP contribution in [0.25, 0.3) is 0 Å². The average Bonchev–Trinajstić information content (AvgIpc) is 1.98. The van der Waals surface area contributed by atoms with Gasteiger partial charge >= 0.3 is 5.97 Å². The molecule has 0 rings (SSSR count). The minimum atomic E-state index is -3.58. The van der Waals surface area contributed by atoms with Crippen LogP contribution >= 0.6 is 0 Å². The van der Waals surface area contributed by atoms with Crippen LogP contribution < -0.4 is 0 Å². The highest BCUT2D eigenvalue weighted by molar-refractivity contribution is 7.91. The summed E-state index contributed by atoms with van der Waals surface area (Å²) in [6, 6.07) is 0. The van der Waals surface area contributed by atoms with Crippen LogP contribution in [-0.2, 0) is 24.2 Å². The van der Waals surface area contributed by atoms with E-state index < -0.39 is 33.3 Å². The molecule has 0 N–H and O–H groups in total. The zero-order chi connectivity index (χ0) is 10.5. The van der Waals surface area contributed by atoms with E-state index >= 15 is 0 Å². The molecule has 0 aliphatic rings. The zero-order valence-corrected chi connectivity index (χ0v) is 8.39. The first-order valence-electron chi connectivity index (χ1n) is 3.73. The first-order valence-corrected chi connectivity index (χ1v) is 5.55. The molecule has 6 heteroatoms. The van der Waals surface area contributed by atoms with E-state index in [4.69, 9.17) is 0 Å². The lowest BCUT2D eigenvalue weighted by molar-refractivity contribution is -0.141. The Balaban J connectivity index is 4.05. The predicted molar refractivity (Wildman–Crippen MR) is 45.7 cm³/mol. The van der Waals surface area contributed by atoms with Gasteiger partial charge in [0.25, 0.3) is 0 Å². The van der Waals surface area contributed by atoms with Gasteiger partial charge in [-0.1, -0.05) is 6.92 Å². The van der Waals surface area contributed by atoms with Crippen molar-refractivity contribution in [3.63, 3.8) is 0 Å². The van der Waals surface area contributed by atoms with Gasteiger partial charge in [0, 0.05) is 6.42 Å². The molecule has 0 saturated heterocycles. The monoisotopic (exact) mass is 208 g/mol. The molecule has 0 aliphatic heterocycles. The van der Waals surface area contributed by atoms with Gasteiger partial charge in [0.1, 0.15) is 11.5 Å². The molecular formula is C7H12O5S. The second kappa shape index (κ2) is 4.96. The highest BCUT2D eigenvalue weighted by atomic mass is 32.2. The predicted octanol–water partition coefficient (Wildman–Crippen LogP) is -0.0991. The summed E-state index contributed by atoms with van der Waals surface area (Å²) in [5.41, 5.74) is 0. The maximum absolute atomic E-state index is 11.0. The van der Waals surface area contributed by atoms with Gasteiger partial charge in [-0.2, -0.15) is 0 Å². The quantitative estimate of drug-likeness (QED) is 0.589. The van der Waals surface area contributed by atoms with E-state index in [0.29, 0.717) is 0 Å². The van der Waals surface area contributed by atoms with Crippen molar-refractivity contribution in [2.75, 3.05) is 11.7 Å². The molecule has 0 unspecified atom stereocenters. The first-order chi connectivity index (χ1) is 5.87. The van der Waals surface area contributed by atoms with E-state index in [1.54, 1.807) is 6.92 Å². The van der Waals surface area contributed by atoms with E-state index in [0.717, 1.165) is 0 Å². The Morgan fingerprint density at radius 3 is 2.23 bits per heavy atom. The summed E-state index contributed by atoms with van der Waals surface area (Å²) in [5.74, 6) is -2.34. The third-order valence-corrected chi connectivity index (χ3v) is 2.43. The van der Waals surface area contributed by atoms with Crippen LogP contribution in [0.2, 0.25) is 0 Å². The Kier molecular flexibility index (Phi) is 4.61. The fourth-order valence-corrected chi connectivity index (χ4v) is 1.62. The van der Waals surface area contributed by atoms with Crippen molar-refractivity contribution >= 4 is 21.6 Å². The van der Waals surface area contributed by atoms with Crippen molar-refractivity contribution in [2.24, 2.45) is 0 Å². The molecule has 13 heavy (non-hydrogen) atoms. The standard InChI is InChI=1S/C7H12O5S/c1-3-7(9)12-5-13(10,11)4-6(2)8/h3-5H2,1-2H3. The minimum Gasteiger partial charge on any atom is -0.449 e. The molecule has 0 amide bonds. The molecule has 76 valence electrons. The normalized spacial score (nSPS) is 10.9. The number of hydrogen-bond donors (Lipinski definition) is 0. The molecule has 0 radical (unpaired) electrons. The third-order valence-electron chi connectivity index (χ3n) is 1.11. The van der Waals surface area contributed by atoms with Crippen LogP contribution in [0.1, 0.15) is 20.3 Å². The summed E-state index contributed by atoms with van der Waals surface area (Å²) in [5, 5.41) is 0. The summed E-state index contributed by atoms with van der Waals surface area (Å²) < 4.78 is 26.3.